The number of nitrogens with one attached hydrogen (secondary N) is 2. The van der Waals surface area contributed by atoms with Crippen molar-refractivity contribution in [3.05, 3.63) is 77.4 Å². The second kappa shape index (κ2) is 12.9. The SMILES string of the molecule is CCCOc1ccc2c(c1)[C@@H]1C[C@H]2OCC=CCCCC(=O)N[C@@H](Cc2ccccc2)[C@H](O)CN1. The van der Waals surface area contributed by atoms with Gasteiger partial charge >= 0.3 is 0 Å². The van der Waals surface area contributed by atoms with Gasteiger partial charge in [0, 0.05) is 19.0 Å². The fraction of sp³-hybridized carbons (Fsp3) is 0.483. The van der Waals surface area contributed by atoms with Gasteiger partial charge in [0.05, 0.1) is 31.5 Å². The number of β-amino-alcohol motifs (C(OH)–C–C–N with tert-alkyl or cyclic N) is 1. The molecule has 0 aromatic heterocycles. The summed E-state index contributed by atoms with van der Waals surface area (Å²) >= 11 is 0. The topological polar surface area (TPSA) is 79.8 Å². The Kier molecular flexibility index (Phi) is 9.35. The normalized spacial score (nSPS) is 25.6. The Morgan fingerprint density at radius 1 is 1.11 bits per heavy atom. The van der Waals surface area contributed by atoms with Crippen LogP contribution in [0.4, 0.5) is 0 Å². The van der Waals surface area contributed by atoms with Gasteiger partial charge in [-0.05, 0) is 60.9 Å². The number of carbonyl (C=O) groups excluding carboxylic acids is 1. The average molecular weight is 479 g/mol. The first-order chi connectivity index (χ1) is 17.1. The Morgan fingerprint density at radius 2 is 1.97 bits per heavy atom. The van der Waals surface area contributed by atoms with E-state index in [4.69, 9.17) is 9.47 Å². The van der Waals surface area contributed by atoms with Gasteiger partial charge < -0.3 is 25.2 Å². The zero-order chi connectivity index (χ0) is 24.5. The summed E-state index contributed by atoms with van der Waals surface area (Å²) in [5.41, 5.74) is 3.42. The van der Waals surface area contributed by atoms with Gasteiger partial charge in [0.25, 0.3) is 0 Å². The molecule has 2 aromatic rings. The summed E-state index contributed by atoms with van der Waals surface area (Å²) in [6.07, 6.45) is 7.77. The van der Waals surface area contributed by atoms with E-state index < -0.39 is 6.10 Å². The number of allylic oxidation sites excluding steroid dienone is 1. The van der Waals surface area contributed by atoms with Crippen molar-refractivity contribution >= 4 is 5.91 Å². The summed E-state index contributed by atoms with van der Waals surface area (Å²) in [4.78, 5) is 12.6. The van der Waals surface area contributed by atoms with Crippen LogP contribution in [-0.4, -0.2) is 42.9 Å². The highest BCUT2D eigenvalue weighted by atomic mass is 16.5. The van der Waals surface area contributed by atoms with Crippen molar-refractivity contribution in [1.29, 1.82) is 0 Å². The number of aliphatic hydroxyl groups excluding tert-OH is 1. The molecule has 0 saturated heterocycles. The predicted molar refractivity (Wildman–Crippen MR) is 137 cm³/mol. The number of hydrogen-bond donors (Lipinski definition) is 3. The summed E-state index contributed by atoms with van der Waals surface area (Å²) in [6, 6.07) is 15.9. The van der Waals surface area contributed by atoms with Crippen LogP contribution in [0.25, 0.3) is 0 Å². The summed E-state index contributed by atoms with van der Waals surface area (Å²) in [7, 11) is 0. The van der Waals surface area contributed by atoms with Crippen LogP contribution in [0.15, 0.2) is 60.7 Å². The number of carbonyl (C=O) groups is 1. The zero-order valence-electron chi connectivity index (χ0n) is 20.6. The standard InChI is InChI=1S/C29H38N2O4/c1-2-15-34-22-13-14-23-24(18-22)25-19-28(23)35-16-9-4-3-8-12-29(33)31-26(27(32)20-30-25)17-21-10-6-5-7-11-21/h4-7,9-11,13-14,18,25-28,30,32H,2-3,8,12,15-17,19-20H2,1H3,(H,31,33)/t25-,26-,27+,28+/m0/s1. The van der Waals surface area contributed by atoms with Crippen molar-refractivity contribution in [3.63, 3.8) is 0 Å². The highest BCUT2D eigenvalue weighted by Crippen LogP contribution is 2.42. The van der Waals surface area contributed by atoms with E-state index in [-0.39, 0.29) is 24.1 Å². The van der Waals surface area contributed by atoms with Gasteiger partial charge in [-0.3, -0.25) is 4.79 Å². The first-order valence-corrected chi connectivity index (χ1v) is 12.9. The van der Waals surface area contributed by atoms with E-state index in [0.717, 1.165) is 42.6 Å². The first kappa shape index (κ1) is 25.4. The van der Waals surface area contributed by atoms with Crippen molar-refractivity contribution in [2.75, 3.05) is 19.8 Å². The molecule has 0 radical (unpaired) electrons. The molecule has 0 spiro atoms. The lowest BCUT2D eigenvalue weighted by molar-refractivity contribution is -0.122. The van der Waals surface area contributed by atoms with Crippen molar-refractivity contribution in [2.45, 2.75) is 69.7 Å². The van der Waals surface area contributed by atoms with Gasteiger partial charge in [-0.15, -0.1) is 0 Å². The molecule has 1 aliphatic carbocycles. The van der Waals surface area contributed by atoms with Crippen LogP contribution in [0.3, 0.4) is 0 Å². The van der Waals surface area contributed by atoms with Crippen LogP contribution >= 0.6 is 0 Å². The Balaban J connectivity index is 1.53. The second-order valence-corrected chi connectivity index (χ2v) is 9.45. The lowest BCUT2D eigenvalue weighted by Gasteiger charge is -2.26. The second-order valence-electron chi connectivity index (χ2n) is 9.45. The third kappa shape index (κ3) is 7.17. The summed E-state index contributed by atoms with van der Waals surface area (Å²) in [5, 5.41) is 17.8. The maximum atomic E-state index is 12.6. The molecular formula is C29H38N2O4. The number of benzene rings is 2. The molecule has 3 N–H and O–H groups in total. The van der Waals surface area contributed by atoms with E-state index in [2.05, 4.69) is 35.8 Å². The van der Waals surface area contributed by atoms with E-state index in [9.17, 15) is 9.90 Å². The number of hydrogen-bond acceptors (Lipinski definition) is 5. The van der Waals surface area contributed by atoms with E-state index in [1.54, 1.807) is 0 Å². The molecule has 6 heteroatoms. The number of ether oxygens (including phenoxy) is 2. The van der Waals surface area contributed by atoms with Crippen LogP contribution in [0.1, 0.15) is 67.9 Å². The van der Waals surface area contributed by atoms with E-state index in [1.165, 1.54) is 5.56 Å². The molecular weight excluding hydrogens is 440 g/mol. The molecule has 2 bridgehead atoms. The van der Waals surface area contributed by atoms with Crippen LogP contribution in [0.2, 0.25) is 0 Å². The van der Waals surface area contributed by atoms with Crippen LogP contribution in [0.5, 0.6) is 5.75 Å². The molecule has 1 aliphatic heterocycles. The Hall–Kier alpha value is -2.67. The van der Waals surface area contributed by atoms with Crippen LogP contribution in [-0.2, 0) is 16.0 Å². The minimum Gasteiger partial charge on any atom is -0.494 e. The predicted octanol–water partition coefficient (Wildman–Crippen LogP) is 4.40. The van der Waals surface area contributed by atoms with Gasteiger partial charge in [0.15, 0.2) is 0 Å². The van der Waals surface area contributed by atoms with Gasteiger partial charge in [0.2, 0.25) is 5.91 Å². The molecule has 0 fully saturated rings. The summed E-state index contributed by atoms with van der Waals surface area (Å²) in [6.45, 7) is 3.69. The third-order valence-corrected chi connectivity index (χ3v) is 6.72. The first-order valence-electron chi connectivity index (χ1n) is 12.9. The van der Waals surface area contributed by atoms with Crippen molar-refractivity contribution in [1.82, 2.24) is 10.6 Å². The number of rotatable bonds is 5. The molecule has 2 aliphatic rings. The molecule has 35 heavy (non-hydrogen) atoms. The lowest BCUT2D eigenvalue weighted by Crippen LogP contribution is -2.49. The maximum absolute atomic E-state index is 12.6. The van der Waals surface area contributed by atoms with Gasteiger partial charge in [-0.25, -0.2) is 0 Å². The summed E-state index contributed by atoms with van der Waals surface area (Å²) in [5.74, 6) is 0.837. The fourth-order valence-corrected chi connectivity index (χ4v) is 4.85. The van der Waals surface area contributed by atoms with Crippen LogP contribution in [0, 0.1) is 0 Å². The zero-order valence-corrected chi connectivity index (χ0v) is 20.6. The molecule has 2 aromatic carbocycles. The number of fused-ring (bicyclic) bond motifs is 5. The molecule has 1 amide bonds. The number of aliphatic hydroxyl groups is 1. The van der Waals surface area contributed by atoms with Crippen molar-refractivity contribution < 1.29 is 19.4 Å². The third-order valence-electron chi connectivity index (χ3n) is 6.72. The highest BCUT2D eigenvalue weighted by Gasteiger charge is 2.33. The lowest BCUT2D eigenvalue weighted by atomic mass is 10.00. The monoisotopic (exact) mass is 478 g/mol. The fourth-order valence-electron chi connectivity index (χ4n) is 4.85. The Bertz CT molecular complexity index is 978. The largest absolute Gasteiger partial charge is 0.494 e. The molecule has 1 heterocycles. The van der Waals surface area contributed by atoms with Crippen molar-refractivity contribution in [3.8, 4) is 5.75 Å². The van der Waals surface area contributed by atoms with Crippen LogP contribution < -0.4 is 15.4 Å². The van der Waals surface area contributed by atoms with E-state index in [1.807, 2.05) is 42.5 Å². The highest BCUT2D eigenvalue weighted by molar-refractivity contribution is 5.76. The van der Waals surface area contributed by atoms with Crippen molar-refractivity contribution in [2.24, 2.45) is 0 Å². The minimum absolute atomic E-state index is 0.00255. The Morgan fingerprint density at radius 3 is 2.80 bits per heavy atom. The molecule has 4 atom stereocenters. The molecule has 0 saturated carbocycles. The minimum atomic E-state index is -0.727. The molecule has 188 valence electrons. The van der Waals surface area contributed by atoms with Gasteiger partial charge in [-0.2, -0.15) is 0 Å². The van der Waals surface area contributed by atoms with E-state index >= 15 is 0 Å². The molecule has 6 nitrogen and oxygen atoms in total. The quantitative estimate of drug-likeness (QED) is 0.555. The Labute approximate surface area is 208 Å². The smallest absolute Gasteiger partial charge is 0.220 e. The molecule has 4 rings (SSSR count). The number of amides is 1. The molecule has 0 unspecified atom stereocenters. The van der Waals surface area contributed by atoms with Gasteiger partial charge in [0.1, 0.15) is 5.75 Å². The average Bonchev–Trinajstić information content (AvgIpc) is 3.22. The maximum Gasteiger partial charge on any atom is 0.220 e. The van der Waals surface area contributed by atoms with E-state index in [0.29, 0.717) is 32.6 Å². The van der Waals surface area contributed by atoms with Gasteiger partial charge in [-0.1, -0.05) is 55.5 Å². The summed E-state index contributed by atoms with van der Waals surface area (Å²) < 4.78 is 12.1.